The minimum absolute atomic E-state index is 0.0439. The smallest absolute Gasteiger partial charge is 0.306 e. The molecule has 0 bridgehead atoms. The number of aliphatic carboxylic acids is 1. The maximum absolute atomic E-state index is 14.0. The molecule has 0 aromatic carbocycles. The molecule has 6 aliphatic rings. The summed E-state index contributed by atoms with van der Waals surface area (Å²) in [6.45, 7) is 28.8. The molecule has 300 valence electrons. The van der Waals surface area contributed by atoms with Crippen LogP contribution in [-0.4, -0.2) is 59.6 Å². The van der Waals surface area contributed by atoms with Gasteiger partial charge in [0, 0.05) is 31.0 Å². The number of rotatable bonds is 11. The van der Waals surface area contributed by atoms with Crippen molar-refractivity contribution in [3.05, 3.63) is 12.2 Å². The van der Waals surface area contributed by atoms with E-state index in [0.717, 1.165) is 64.6 Å². The Balaban J connectivity index is 1.19. The van der Waals surface area contributed by atoms with Gasteiger partial charge in [-0.2, -0.15) is 0 Å². The van der Waals surface area contributed by atoms with E-state index >= 15 is 0 Å². The number of hydrogen-bond acceptors (Lipinski definition) is 5. The van der Waals surface area contributed by atoms with Crippen LogP contribution in [-0.2, 0) is 19.1 Å². The molecule has 0 unspecified atom stereocenters. The third kappa shape index (κ3) is 7.18. The number of hydrogen-bond donors (Lipinski definition) is 2. The Kier molecular flexibility index (Phi) is 11.2. The third-order valence-electron chi connectivity index (χ3n) is 17.7. The van der Waals surface area contributed by atoms with Crippen molar-refractivity contribution >= 4 is 17.8 Å². The number of nitrogens with one attached hydrogen (secondary N) is 1. The lowest BCUT2D eigenvalue weighted by molar-refractivity contribution is -0.250. The predicted octanol–water partition coefficient (Wildman–Crippen LogP) is 9.83. The second-order valence-electron chi connectivity index (χ2n) is 21.7. The molecule has 7 nitrogen and oxygen atoms in total. The van der Waals surface area contributed by atoms with Crippen LogP contribution in [0, 0.1) is 62.1 Å². The Morgan fingerprint density at radius 1 is 0.849 bits per heavy atom. The van der Waals surface area contributed by atoms with Crippen molar-refractivity contribution in [3.63, 3.8) is 0 Å². The maximum Gasteiger partial charge on any atom is 0.306 e. The number of ether oxygens (including phenoxy) is 1. The first-order valence-corrected chi connectivity index (χ1v) is 21.8. The van der Waals surface area contributed by atoms with Gasteiger partial charge in [-0.15, -0.1) is 0 Å². The van der Waals surface area contributed by atoms with Crippen molar-refractivity contribution in [3.8, 4) is 0 Å². The van der Waals surface area contributed by atoms with Gasteiger partial charge in [0.1, 0.15) is 6.10 Å². The molecule has 1 heterocycles. The number of esters is 1. The Morgan fingerprint density at radius 3 is 2.19 bits per heavy atom. The molecule has 1 saturated heterocycles. The van der Waals surface area contributed by atoms with Gasteiger partial charge >= 0.3 is 11.9 Å². The highest BCUT2D eigenvalue weighted by Gasteiger charge is 2.71. The molecule has 1 amide bonds. The largest absolute Gasteiger partial charge is 0.481 e. The van der Waals surface area contributed by atoms with Crippen LogP contribution in [0.1, 0.15) is 165 Å². The Hall–Kier alpha value is -1.89. The lowest BCUT2D eigenvalue weighted by Crippen LogP contribution is -2.67. The Labute approximate surface area is 322 Å². The monoisotopic (exact) mass is 737 g/mol. The van der Waals surface area contributed by atoms with E-state index in [9.17, 15) is 19.5 Å². The summed E-state index contributed by atoms with van der Waals surface area (Å²) in [6, 6.07) is 0.314. The normalized spacial score (nSPS) is 41.3. The Morgan fingerprint density at radius 2 is 1.55 bits per heavy atom. The molecule has 5 saturated carbocycles. The molecule has 0 aromatic heterocycles. The highest BCUT2D eigenvalue weighted by atomic mass is 16.5. The minimum atomic E-state index is -0.879. The average molecular weight is 737 g/mol. The summed E-state index contributed by atoms with van der Waals surface area (Å²) >= 11 is 0. The molecule has 7 heteroatoms. The molecular weight excluding hydrogens is 661 g/mol. The summed E-state index contributed by atoms with van der Waals surface area (Å²) in [5.41, 5.74) is 1.21. The van der Waals surface area contributed by atoms with E-state index in [1.54, 1.807) is 0 Å². The van der Waals surface area contributed by atoms with E-state index in [-0.39, 0.29) is 52.0 Å². The van der Waals surface area contributed by atoms with Crippen LogP contribution in [0.4, 0.5) is 0 Å². The molecule has 0 aromatic rings. The molecule has 6 rings (SSSR count). The molecule has 5 aliphatic carbocycles. The second kappa shape index (κ2) is 14.6. The zero-order valence-corrected chi connectivity index (χ0v) is 35.2. The number of piperidine rings is 1. The number of carbonyl (C=O) groups is 3. The number of carboxylic acid groups (broad SMARTS) is 1. The highest BCUT2D eigenvalue weighted by molar-refractivity contribution is 5.77. The predicted molar refractivity (Wildman–Crippen MR) is 212 cm³/mol. The zero-order chi connectivity index (χ0) is 38.8. The number of likely N-dealkylation sites (tertiary alicyclic amines) is 1. The quantitative estimate of drug-likeness (QED) is 0.162. The van der Waals surface area contributed by atoms with Crippen LogP contribution in [0.25, 0.3) is 0 Å². The molecule has 0 spiro atoms. The fraction of sp³-hybridized carbons (Fsp3) is 0.891. The van der Waals surface area contributed by atoms with Gasteiger partial charge in [0.25, 0.3) is 0 Å². The summed E-state index contributed by atoms with van der Waals surface area (Å²) in [4.78, 5) is 41.2. The van der Waals surface area contributed by atoms with Gasteiger partial charge in [-0.1, -0.05) is 67.5 Å². The summed E-state index contributed by atoms with van der Waals surface area (Å²) in [7, 11) is 0. The van der Waals surface area contributed by atoms with Crippen LogP contribution in [0.15, 0.2) is 12.2 Å². The topological polar surface area (TPSA) is 95.9 Å². The standard InChI is InChI=1S/C46H76N2O5/c1-11-24-48-25-17-31(18-26-48)47-37(49)27-46-21-14-32(30(2)3)40(46)33-12-13-35-43(8)19-16-36(53-39(52)29-41(4,5)28-38(50)51)42(6,7)34(43)15-20-45(35,10)44(33,9)22-23-46/h31-36,40H,2,11-29H2,1,3-10H3,(H,47,49)(H,50,51)/t32-,33+,34-,35+,36-,40+,43-,44+,45+,46+/m0/s1. The van der Waals surface area contributed by atoms with Gasteiger partial charge in [-0.25, -0.2) is 0 Å². The third-order valence-corrected chi connectivity index (χ3v) is 17.7. The molecule has 53 heavy (non-hydrogen) atoms. The van der Waals surface area contributed by atoms with Crippen molar-refractivity contribution in [1.29, 1.82) is 0 Å². The SMILES string of the molecule is C=C(C)[C@@H]1CC[C@]2(CC(=O)NC3CCN(CCC)CC3)CC[C@]3(C)[C@H](CC[C@@H]4[C@@]5(C)CC[C@H](OC(=O)CC(C)(C)CC(=O)O)C(C)(C)[C@@H]5CC[C@]43C)[C@@H]12. The van der Waals surface area contributed by atoms with E-state index < -0.39 is 11.4 Å². The number of amides is 1. The fourth-order valence-electron chi connectivity index (χ4n) is 15.1. The first kappa shape index (κ1) is 40.8. The fourth-order valence-corrected chi connectivity index (χ4v) is 15.1. The summed E-state index contributed by atoms with van der Waals surface area (Å²) in [6.07, 6.45) is 15.4. The van der Waals surface area contributed by atoms with Crippen molar-refractivity contribution in [1.82, 2.24) is 10.2 Å². The van der Waals surface area contributed by atoms with E-state index in [1.807, 2.05) is 13.8 Å². The van der Waals surface area contributed by atoms with Crippen LogP contribution in [0.2, 0.25) is 0 Å². The number of fused-ring (bicyclic) bond motifs is 7. The van der Waals surface area contributed by atoms with E-state index in [4.69, 9.17) is 4.74 Å². The summed E-state index contributed by atoms with van der Waals surface area (Å²) < 4.78 is 6.30. The van der Waals surface area contributed by atoms with Gasteiger partial charge < -0.3 is 20.1 Å². The molecule has 1 aliphatic heterocycles. The number of allylic oxidation sites excluding steroid dienone is 1. The van der Waals surface area contributed by atoms with Crippen molar-refractivity contribution in [2.75, 3.05) is 19.6 Å². The lowest BCUT2D eigenvalue weighted by Gasteiger charge is -2.73. The summed E-state index contributed by atoms with van der Waals surface area (Å²) in [5, 5.41) is 12.9. The number of nitrogens with zero attached hydrogens (tertiary/aromatic N) is 1. The van der Waals surface area contributed by atoms with Crippen molar-refractivity contribution in [2.24, 2.45) is 62.1 Å². The minimum Gasteiger partial charge on any atom is -0.481 e. The zero-order valence-electron chi connectivity index (χ0n) is 35.2. The van der Waals surface area contributed by atoms with Crippen molar-refractivity contribution in [2.45, 2.75) is 177 Å². The highest BCUT2D eigenvalue weighted by Crippen LogP contribution is 2.78. The summed E-state index contributed by atoms with van der Waals surface area (Å²) in [5.74, 6) is 1.86. The van der Waals surface area contributed by atoms with E-state index in [0.29, 0.717) is 48.0 Å². The van der Waals surface area contributed by atoms with Crippen molar-refractivity contribution < 1.29 is 24.2 Å². The van der Waals surface area contributed by atoms with Crippen LogP contribution in [0.3, 0.4) is 0 Å². The van der Waals surface area contributed by atoms with Gasteiger partial charge in [-0.3, -0.25) is 14.4 Å². The van der Waals surface area contributed by atoms with E-state index in [1.165, 1.54) is 44.1 Å². The molecule has 10 atom stereocenters. The molecular formula is C46H76N2O5. The number of carboxylic acids is 1. The van der Waals surface area contributed by atoms with Gasteiger partial charge in [0.05, 0.1) is 12.8 Å². The Bertz CT molecular complexity index is 1410. The van der Waals surface area contributed by atoms with Gasteiger partial charge in [0.2, 0.25) is 5.91 Å². The van der Waals surface area contributed by atoms with Crippen LogP contribution < -0.4 is 5.32 Å². The lowest BCUT2D eigenvalue weighted by atomic mass is 9.32. The maximum atomic E-state index is 14.0. The first-order chi connectivity index (χ1) is 24.7. The number of carbonyl (C=O) groups excluding carboxylic acids is 2. The average Bonchev–Trinajstić information content (AvgIpc) is 3.42. The molecule has 6 fully saturated rings. The van der Waals surface area contributed by atoms with E-state index in [2.05, 4.69) is 65.3 Å². The molecule has 2 N–H and O–H groups in total. The van der Waals surface area contributed by atoms with Gasteiger partial charge in [0.15, 0.2) is 0 Å². The van der Waals surface area contributed by atoms with Gasteiger partial charge in [-0.05, 0) is 154 Å². The second-order valence-corrected chi connectivity index (χ2v) is 21.7. The van der Waals surface area contributed by atoms with Crippen LogP contribution in [0.5, 0.6) is 0 Å². The van der Waals surface area contributed by atoms with Crippen LogP contribution >= 0.6 is 0 Å². The molecule has 0 radical (unpaired) electrons. The first-order valence-electron chi connectivity index (χ1n) is 21.8.